The molecule has 1 heterocycles. The van der Waals surface area contributed by atoms with Crippen LogP contribution in [-0.4, -0.2) is 58.3 Å². The summed E-state index contributed by atoms with van der Waals surface area (Å²) in [7, 11) is 5.04. The number of nitrogens with zero attached hydrogens (tertiary/aromatic N) is 2. The second kappa shape index (κ2) is 12.2. The van der Waals surface area contributed by atoms with Gasteiger partial charge < -0.3 is 25.0 Å². The first-order valence-electron chi connectivity index (χ1n) is 8.69. The van der Waals surface area contributed by atoms with Gasteiger partial charge in [0.05, 0.1) is 14.2 Å². The zero-order chi connectivity index (χ0) is 17.2. The van der Waals surface area contributed by atoms with E-state index >= 15 is 0 Å². The molecule has 1 fully saturated rings. The molecule has 0 atom stereocenters. The van der Waals surface area contributed by atoms with Crippen LogP contribution in [0.3, 0.4) is 0 Å². The summed E-state index contributed by atoms with van der Waals surface area (Å²) in [5.74, 6) is 2.18. The quantitative estimate of drug-likeness (QED) is 0.269. The number of ether oxygens (including phenoxy) is 2. The van der Waals surface area contributed by atoms with E-state index in [-0.39, 0.29) is 24.0 Å². The van der Waals surface area contributed by atoms with Crippen LogP contribution >= 0.6 is 24.0 Å². The number of hydrogen-bond acceptors (Lipinski definition) is 4. The van der Waals surface area contributed by atoms with Gasteiger partial charge >= 0.3 is 0 Å². The SMILES string of the molecule is CN=C(NCCCCN1CCCC1)Nc1ccc(OC)c(OC)c1.I. The van der Waals surface area contributed by atoms with Crippen molar-refractivity contribution in [3.05, 3.63) is 18.2 Å². The predicted octanol–water partition coefficient (Wildman–Crippen LogP) is 3.19. The van der Waals surface area contributed by atoms with Crippen molar-refractivity contribution in [3.63, 3.8) is 0 Å². The molecule has 0 aromatic heterocycles. The van der Waals surface area contributed by atoms with Crippen molar-refractivity contribution in [3.8, 4) is 11.5 Å². The third-order valence-electron chi connectivity index (χ3n) is 4.26. The Kier molecular flexibility index (Phi) is 10.6. The smallest absolute Gasteiger partial charge is 0.195 e. The van der Waals surface area contributed by atoms with Crippen molar-refractivity contribution in [2.75, 3.05) is 52.8 Å². The fourth-order valence-corrected chi connectivity index (χ4v) is 2.90. The minimum Gasteiger partial charge on any atom is -0.493 e. The van der Waals surface area contributed by atoms with E-state index in [0.717, 1.165) is 24.6 Å². The Morgan fingerprint density at radius 3 is 2.48 bits per heavy atom. The first-order valence-corrected chi connectivity index (χ1v) is 8.69. The van der Waals surface area contributed by atoms with Gasteiger partial charge in [-0.3, -0.25) is 4.99 Å². The topological polar surface area (TPSA) is 58.1 Å². The molecule has 1 aliphatic heterocycles. The zero-order valence-corrected chi connectivity index (χ0v) is 17.8. The van der Waals surface area contributed by atoms with Gasteiger partial charge in [-0.1, -0.05) is 0 Å². The van der Waals surface area contributed by atoms with Crippen LogP contribution in [0.1, 0.15) is 25.7 Å². The molecule has 7 heteroatoms. The predicted molar refractivity (Wildman–Crippen MR) is 115 cm³/mol. The Bertz CT molecular complexity index is 534. The molecule has 2 rings (SSSR count). The van der Waals surface area contributed by atoms with E-state index in [1.807, 2.05) is 18.2 Å². The molecule has 1 aromatic carbocycles. The summed E-state index contributed by atoms with van der Waals surface area (Å²) in [5, 5.41) is 6.64. The Hall–Kier alpha value is -1.22. The van der Waals surface area contributed by atoms with E-state index in [1.54, 1.807) is 21.3 Å². The fraction of sp³-hybridized carbons (Fsp3) is 0.611. The van der Waals surface area contributed by atoms with Crippen molar-refractivity contribution < 1.29 is 9.47 Å². The van der Waals surface area contributed by atoms with Crippen LogP contribution in [0.15, 0.2) is 23.2 Å². The van der Waals surface area contributed by atoms with Gasteiger partial charge in [-0.05, 0) is 57.5 Å². The molecule has 1 aliphatic rings. The summed E-state index contributed by atoms with van der Waals surface area (Å²) in [6.07, 6.45) is 5.09. The Morgan fingerprint density at radius 2 is 1.84 bits per heavy atom. The van der Waals surface area contributed by atoms with E-state index in [1.165, 1.54) is 38.9 Å². The van der Waals surface area contributed by atoms with Crippen LogP contribution in [-0.2, 0) is 0 Å². The number of unbranched alkanes of at least 4 members (excludes halogenated alkanes) is 1. The number of nitrogens with one attached hydrogen (secondary N) is 2. The van der Waals surface area contributed by atoms with Crippen molar-refractivity contribution in [2.45, 2.75) is 25.7 Å². The lowest BCUT2D eigenvalue weighted by atomic mass is 10.2. The summed E-state index contributed by atoms with van der Waals surface area (Å²) in [5.41, 5.74) is 0.915. The number of rotatable bonds is 8. The van der Waals surface area contributed by atoms with E-state index in [2.05, 4.69) is 20.5 Å². The third kappa shape index (κ3) is 7.27. The van der Waals surface area contributed by atoms with E-state index in [4.69, 9.17) is 9.47 Å². The zero-order valence-electron chi connectivity index (χ0n) is 15.5. The van der Waals surface area contributed by atoms with Gasteiger partial charge in [0.2, 0.25) is 0 Å². The molecule has 0 unspecified atom stereocenters. The maximum Gasteiger partial charge on any atom is 0.195 e. The van der Waals surface area contributed by atoms with Gasteiger partial charge in [0.15, 0.2) is 17.5 Å². The van der Waals surface area contributed by atoms with Gasteiger partial charge in [-0.2, -0.15) is 0 Å². The fourth-order valence-electron chi connectivity index (χ4n) is 2.90. The molecule has 0 aliphatic carbocycles. The largest absolute Gasteiger partial charge is 0.493 e. The Morgan fingerprint density at radius 1 is 1.12 bits per heavy atom. The molecule has 0 amide bonds. The maximum absolute atomic E-state index is 5.32. The molecule has 0 saturated carbocycles. The third-order valence-corrected chi connectivity index (χ3v) is 4.26. The van der Waals surface area contributed by atoms with Crippen molar-refractivity contribution in [2.24, 2.45) is 4.99 Å². The highest BCUT2D eigenvalue weighted by Crippen LogP contribution is 2.29. The molecule has 142 valence electrons. The van der Waals surface area contributed by atoms with Crippen LogP contribution in [0, 0.1) is 0 Å². The lowest BCUT2D eigenvalue weighted by Gasteiger charge is -2.16. The number of halogens is 1. The Labute approximate surface area is 168 Å². The van der Waals surface area contributed by atoms with Crippen LogP contribution in [0.25, 0.3) is 0 Å². The lowest BCUT2D eigenvalue weighted by Crippen LogP contribution is -2.32. The van der Waals surface area contributed by atoms with Crippen molar-refractivity contribution in [1.82, 2.24) is 10.2 Å². The van der Waals surface area contributed by atoms with Gasteiger partial charge in [-0.25, -0.2) is 0 Å². The highest BCUT2D eigenvalue weighted by molar-refractivity contribution is 14.0. The number of methoxy groups -OCH3 is 2. The van der Waals surface area contributed by atoms with E-state index < -0.39 is 0 Å². The van der Waals surface area contributed by atoms with E-state index in [9.17, 15) is 0 Å². The number of benzene rings is 1. The standard InChI is InChI=1S/C18H30N4O2.HI/c1-19-18(20-10-4-5-11-22-12-6-7-13-22)21-15-8-9-16(23-2)17(14-15)24-3;/h8-9,14H,4-7,10-13H2,1-3H3,(H2,19,20,21);1H. The average Bonchev–Trinajstić information content (AvgIpc) is 3.13. The van der Waals surface area contributed by atoms with Crippen LogP contribution in [0.4, 0.5) is 5.69 Å². The number of anilines is 1. The minimum absolute atomic E-state index is 0. The molecular formula is C18H31IN4O2. The molecule has 1 saturated heterocycles. The monoisotopic (exact) mass is 462 g/mol. The first kappa shape index (κ1) is 21.8. The summed E-state index contributed by atoms with van der Waals surface area (Å²) in [4.78, 5) is 6.82. The average molecular weight is 462 g/mol. The summed E-state index contributed by atoms with van der Waals surface area (Å²) in [6, 6.07) is 5.73. The van der Waals surface area contributed by atoms with E-state index in [0.29, 0.717) is 11.5 Å². The van der Waals surface area contributed by atoms with Crippen molar-refractivity contribution >= 4 is 35.6 Å². The minimum atomic E-state index is 0. The number of likely N-dealkylation sites (tertiary alicyclic amines) is 1. The number of guanidine groups is 1. The Balaban J connectivity index is 0.00000312. The highest BCUT2D eigenvalue weighted by Gasteiger charge is 2.10. The van der Waals surface area contributed by atoms with Crippen LogP contribution in [0.2, 0.25) is 0 Å². The number of aliphatic imine (C=N–C) groups is 1. The molecular weight excluding hydrogens is 431 g/mol. The maximum atomic E-state index is 5.32. The molecule has 2 N–H and O–H groups in total. The van der Waals surface area contributed by atoms with Gasteiger partial charge in [0, 0.05) is 25.3 Å². The summed E-state index contributed by atoms with van der Waals surface area (Å²) < 4.78 is 10.6. The second-order valence-corrected chi connectivity index (χ2v) is 5.95. The van der Waals surface area contributed by atoms with Gasteiger partial charge in [0.25, 0.3) is 0 Å². The van der Waals surface area contributed by atoms with Gasteiger partial charge in [-0.15, -0.1) is 24.0 Å². The molecule has 0 spiro atoms. The van der Waals surface area contributed by atoms with Crippen LogP contribution in [0.5, 0.6) is 11.5 Å². The van der Waals surface area contributed by atoms with Gasteiger partial charge in [0.1, 0.15) is 0 Å². The second-order valence-electron chi connectivity index (χ2n) is 5.95. The first-order chi connectivity index (χ1) is 11.8. The lowest BCUT2D eigenvalue weighted by molar-refractivity contribution is 0.330. The molecule has 25 heavy (non-hydrogen) atoms. The molecule has 0 bridgehead atoms. The summed E-state index contributed by atoms with van der Waals surface area (Å²) in [6.45, 7) is 4.68. The van der Waals surface area contributed by atoms with Crippen LogP contribution < -0.4 is 20.1 Å². The molecule has 0 radical (unpaired) electrons. The summed E-state index contributed by atoms with van der Waals surface area (Å²) >= 11 is 0. The number of hydrogen-bond donors (Lipinski definition) is 2. The normalized spacial score (nSPS) is 14.8. The van der Waals surface area contributed by atoms with Crippen molar-refractivity contribution in [1.29, 1.82) is 0 Å². The molecule has 1 aromatic rings. The highest BCUT2D eigenvalue weighted by atomic mass is 127. The molecule has 6 nitrogen and oxygen atoms in total.